The van der Waals surface area contributed by atoms with Crippen LogP contribution in [0.3, 0.4) is 0 Å². The molecule has 1 rings (SSSR count). The number of nitrogens with zero attached hydrogens (tertiary/aromatic N) is 1. The van der Waals surface area contributed by atoms with Crippen LogP contribution in [0.1, 0.15) is 26.7 Å². The quantitative estimate of drug-likeness (QED) is 0.704. The third kappa shape index (κ3) is 4.01. The van der Waals surface area contributed by atoms with Gasteiger partial charge in [0, 0.05) is 19.7 Å². The van der Waals surface area contributed by atoms with Crippen LogP contribution in [0.25, 0.3) is 0 Å². The van der Waals surface area contributed by atoms with Crippen LogP contribution in [0.5, 0.6) is 0 Å². The van der Waals surface area contributed by atoms with Gasteiger partial charge in [0.05, 0.1) is 13.2 Å². The van der Waals surface area contributed by atoms with Gasteiger partial charge in [-0.15, -0.1) is 0 Å². The molecule has 1 aliphatic rings. The number of nitrogens with two attached hydrogens (primary N) is 1. The van der Waals surface area contributed by atoms with Crippen LogP contribution >= 0.6 is 0 Å². The third-order valence-corrected chi connectivity index (χ3v) is 3.37. The Kier molecular flexibility index (Phi) is 6.28. The van der Waals surface area contributed by atoms with Crippen molar-refractivity contribution in [3.63, 3.8) is 0 Å². The summed E-state index contributed by atoms with van der Waals surface area (Å²) in [6.07, 6.45) is 2.09. The van der Waals surface area contributed by atoms with Crippen molar-refractivity contribution >= 4 is 0 Å². The molecule has 2 N–H and O–H groups in total. The van der Waals surface area contributed by atoms with Crippen molar-refractivity contribution in [1.82, 2.24) is 4.90 Å². The Morgan fingerprint density at radius 3 is 2.62 bits per heavy atom. The SMILES string of the molecule is CCN(CC)CCOC1(CN)CCCOC1. The van der Waals surface area contributed by atoms with Crippen molar-refractivity contribution in [3.8, 4) is 0 Å². The molecule has 1 fully saturated rings. The van der Waals surface area contributed by atoms with Crippen LogP contribution in [-0.4, -0.2) is 56.5 Å². The van der Waals surface area contributed by atoms with E-state index in [0.29, 0.717) is 13.2 Å². The smallest absolute Gasteiger partial charge is 0.104 e. The number of likely N-dealkylation sites (N-methyl/N-ethyl adjacent to an activating group) is 1. The maximum absolute atomic E-state index is 5.96. The summed E-state index contributed by atoms with van der Waals surface area (Å²) in [5.74, 6) is 0. The molecule has 0 radical (unpaired) electrons. The molecule has 0 aromatic rings. The van der Waals surface area contributed by atoms with E-state index < -0.39 is 0 Å². The van der Waals surface area contributed by atoms with Gasteiger partial charge in [-0.05, 0) is 25.9 Å². The van der Waals surface area contributed by atoms with Gasteiger partial charge < -0.3 is 20.1 Å². The highest BCUT2D eigenvalue weighted by molar-refractivity contribution is 4.84. The van der Waals surface area contributed by atoms with Gasteiger partial charge in [-0.3, -0.25) is 0 Å². The summed E-state index contributed by atoms with van der Waals surface area (Å²) in [6.45, 7) is 10.3. The monoisotopic (exact) mass is 230 g/mol. The lowest BCUT2D eigenvalue weighted by Crippen LogP contribution is -2.48. The highest BCUT2D eigenvalue weighted by Crippen LogP contribution is 2.22. The van der Waals surface area contributed by atoms with Gasteiger partial charge >= 0.3 is 0 Å². The summed E-state index contributed by atoms with van der Waals surface area (Å²) in [5, 5.41) is 0. The standard InChI is InChI=1S/C12H26N2O2/c1-3-14(4-2)7-9-16-12(10-13)6-5-8-15-11-12/h3-11,13H2,1-2H3. The van der Waals surface area contributed by atoms with Gasteiger partial charge in [0.1, 0.15) is 5.60 Å². The van der Waals surface area contributed by atoms with Crippen LogP contribution in [-0.2, 0) is 9.47 Å². The summed E-state index contributed by atoms with van der Waals surface area (Å²) in [5.41, 5.74) is 5.58. The van der Waals surface area contributed by atoms with Crippen molar-refractivity contribution in [2.24, 2.45) is 5.73 Å². The summed E-state index contributed by atoms with van der Waals surface area (Å²) in [4.78, 5) is 2.36. The number of hydrogen-bond donors (Lipinski definition) is 1. The topological polar surface area (TPSA) is 47.7 Å². The van der Waals surface area contributed by atoms with Crippen LogP contribution in [0, 0.1) is 0 Å². The maximum Gasteiger partial charge on any atom is 0.104 e. The maximum atomic E-state index is 5.96. The minimum Gasteiger partial charge on any atom is -0.378 e. The summed E-state index contributed by atoms with van der Waals surface area (Å²) in [7, 11) is 0. The molecule has 0 aromatic carbocycles. The number of hydrogen-bond acceptors (Lipinski definition) is 4. The van der Waals surface area contributed by atoms with E-state index in [-0.39, 0.29) is 5.60 Å². The van der Waals surface area contributed by atoms with Crippen LogP contribution in [0.4, 0.5) is 0 Å². The van der Waals surface area contributed by atoms with Gasteiger partial charge in [-0.1, -0.05) is 13.8 Å². The second kappa shape index (κ2) is 7.22. The predicted molar refractivity (Wildman–Crippen MR) is 65.6 cm³/mol. The molecule has 16 heavy (non-hydrogen) atoms. The Hall–Kier alpha value is -0.160. The summed E-state index contributed by atoms with van der Waals surface area (Å²) >= 11 is 0. The minimum atomic E-state index is -0.217. The van der Waals surface area contributed by atoms with Crippen molar-refractivity contribution in [3.05, 3.63) is 0 Å². The Bertz CT molecular complexity index is 178. The highest BCUT2D eigenvalue weighted by atomic mass is 16.5. The first-order valence-electron chi connectivity index (χ1n) is 6.40. The molecule has 1 heterocycles. The zero-order valence-corrected chi connectivity index (χ0v) is 10.7. The fourth-order valence-electron chi connectivity index (χ4n) is 2.09. The van der Waals surface area contributed by atoms with Gasteiger partial charge in [0.15, 0.2) is 0 Å². The molecule has 0 aromatic heterocycles. The normalized spacial score (nSPS) is 26.2. The second-order valence-electron chi connectivity index (χ2n) is 4.42. The van der Waals surface area contributed by atoms with Crippen LogP contribution in [0.15, 0.2) is 0 Å². The Morgan fingerprint density at radius 2 is 2.12 bits per heavy atom. The Balaban J connectivity index is 2.27. The fourth-order valence-corrected chi connectivity index (χ4v) is 2.09. The fraction of sp³-hybridized carbons (Fsp3) is 1.00. The molecule has 1 unspecified atom stereocenters. The lowest BCUT2D eigenvalue weighted by atomic mass is 9.97. The molecule has 0 bridgehead atoms. The molecular formula is C12H26N2O2. The van der Waals surface area contributed by atoms with Crippen LogP contribution < -0.4 is 5.73 Å². The molecular weight excluding hydrogens is 204 g/mol. The van der Waals surface area contributed by atoms with Crippen molar-refractivity contribution in [2.75, 3.05) is 46.0 Å². The average molecular weight is 230 g/mol. The molecule has 1 atom stereocenters. The minimum absolute atomic E-state index is 0.217. The largest absolute Gasteiger partial charge is 0.378 e. The summed E-state index contributed by atoms with van der Waals surface area (Å²) in [6, 6.07) is 0. The van der Waals surface area contributed by atoms with Gasteiger partial charge in [0.25, 0.3) is 0 Å². The molecule has 1 saturated heterocycles. The second-order valence-corrected chi connectivity index (χ2v) is 4.42. The number of ether oxygens (including phenoxy) is 2. The first kappa shape index (κ1) is 13.9. The lowest BCUT2D eigenvalue weighted by molar-refractivity contribution is -0.125. The average Bonchev–Trinajstić information content (AvgIpc) is 2.36. The molecule has 0 amide bonds. The Morgan fingerprint density at radius 1 is 1.38 bits per heavy atom. The zero-order valence-electron chi connectivity index (χ0n) is 10.7. The summed E-state index contributed by atoms with van der Waals surface area (Å²) < 4.78 is 11.4. The van der Waals surface area contributed by atoms with E-state index >= 15 is 0 Å². The lowest BCUT2D eigenvalue weighted by Gasteiger charge is -2.36. The predicted octanol–water partition coefficient (Wildman–Crippen LogP) is 0.853. The molecule has 4 nitrogen and oxygen atoms in total. The van der Waals surface area contributed by atoms with E-state index in [9.17, 15) is 0 Å². The number of rotatable bonds is 7. The Labute approximate surface area is 99.1 Å². The van der Waals surface area contributed by atoms with Crippen molar-refractivity contribution < 1.29 is 9.47 Å². The first-order valence-corrected chi connectivity index (χ1v) is 6.40. The van der Waals surface area contributed by atoms with E-state index in [0.717, 1.165) is 45.7 Å². The highest BCUT2D eigenvalue weighted by Gasteiger charge is 2.32. The molecule has 0 saturated carbocycles. The first-order chi connectivity index (χ1) is 7.76. The molecule has 0 spiro atoms. The van der Waals surface area contributed by atoms with Crippen molar-refractivity contribution in [1.29, 1.82) is 0 Å². The molecule has 4 heteroatoms. The van der Waals surface area contributed by atoms with Gasteiger partial charge in [0.2, 0.25) is 0 Å². The van der Waals surface area contributed by atoms with E-state index in [1.165, 1.54) is 0 Å². The third-order valence-electron chi connectivity index (χ3n) is 3.37. The molecule has 96 valence electrons. The van der Waals surface area contributed by atoms with Crippen molar-refractivity contribution in [2.45, 2.75) is 32.3 Å². The van der Waals surface area contributed by atoms with E-state index in [4.69, 9.17) is 15.2 Å². The molecule has 1 aliphatic heterocycles. The van der Waals surface area contributed by atoms with Crippen LogP contribution in [0.2, 0.25) is 0 Å². The van der Waals surface area contributed by atoms with E-state index in [2.05, 4.69) is 18.7 Å². The van der Waals surface area contributed by atoms with Gasteiger partial charge in [-0.2, -0.15) is 0 Å². The van der Waals surface area contributed by atoms with Gasteiger partial charge in [-0.25, -0.2) is 0 Å². The van der Waals surface area contributed by atoms with E-state index in [1.54, 1.807) is 0 Å². The zero-order chi connectivity index (χ0) is 11.9. The molecule has 0 aliphatic carbocycles. The van der Waals surface area contributed by atoms with E-state index in [1.807, 2.05) is 0 Å².